The Hall–Kier alpha value is -3.62. The number of benzene rings is 2. The monoisotopic (exact) mass is 345 g/mol. The third-order valence-electron chi connectivity index (χ3n) is 3.11. The molecule has 9 heteroatoms. The number of hydrogen-bond acceptors (Lipinski definition) is 6. The summed E-state index contributed by atoms with van der Waals surface area (Å²) in [6, 6.07) is 12.2. The van der Waals surface area contributed by atoms with E-state index >= 15 is 0 Å². The van der Waals surface area contributed by atoms with Crippen LogP contribution in [0.4, 0.5) is 21.9 Å². The van der Waals surface area contributed by atoms with Gasteiger partial charge < -0.3 is 15.2 Å². The van der Waals surface area contributed by atoms with Gasteiger partial charge in [-0.25, -0.2) is 9.59 Å². The zero-order chi connectivity index (χ0) is 18.2. The van der Waals surface area contributed by atoms with Gasteiger partial charge in [-0.15, -0.1) is 0 Å². The molecule has 0 spiro atoms. The summed E-state index contributed by atoms with van der Waals surface area (Å²) in [6.07, 6.45) is -0.649. The fourth-order valence-electron chi connectivity index (χ4n) is 1.97. The molecular weight excluding hydrogens is 330 g/mol. The Labute approximate surface area is 142 Å². The summed E-state index contributed by atoms with van der Waals surface area (Å²) < 4.78 is 4.95. The van der Waals surface area contributed by atoms with Crippen molar-refractivity contribution in [1.82, 2.24) is 0 Å². The Bertz CT molecular complexity index is 779. The third kappa shape index (κ3) is 5.20. The Morgan fingerprint density at radius 3 is 2.52 bits per heavy atom. The van der Waals surface area contributed by atoms with Crippen LogP contribution in [0.25, 0.3) is 0 Å². The molecule has 2 aromatic rings. The molecule has 0 atom stereocenters. The third-order valence-corrected chi connectivity index (χ3v) is 3.11. The lowest BCUT2D eigenvalue weighted by molar-refractivity contribution is -0.384. The topological polar surface area (TPSA) is 131 Å². The number of hydrogen-bond donors (Lipinski definition) is 3. The van der Waals surface area contributed by atoms with Crippen molar-refractivity contribution in [2.24, 2.45) is 0 Å². The van der Waals surface area contributed by atoms with Gasteiger partial charge in [0, 0.05) is 18.3 Å². The molecule has 0 aliphatic heterocycles. The average Bonchev–Trinajstić information content (AvgIpc) is 2.59. The molecule has 0 heterocycles. The van der Waals surface area contributed by atoms with E-state index in [2.05, 4.69) is 10.6 Å². The zero-order valence-electron chi connectivity index (χ0n) is 13.0. The molecule has 0 bridgehead atoms. The lowest BCUT2D eigenvalue weighted by Gasteiger charge is -2.09. The number of nitro groups is 1. The summed E-state index contributed by atoms with van der Waals surface area (Å²) in [7, 11) is 0. The van der Waals surface area contributed by atoms with Gasteiger partial charge in [-0.3, -0.25) is 15.4 Å². The van der Waals surface area contributed by atoms with Crippen LogP contribution in [0.5, 0.6) is 0 Å². The Morgan fingerprint density at radius 2 is 1.88 bits per heavy atom. The Balaban J connectivity index is 1.86. The van der Waals surface area contributed by atoms with Gasteiger partial charge in [0.25, 0.3) is 5.69 Å². The minimum atomic E-state index is -1.25. The van der Waals surface area contributed by atoms with E-state index < -0.39 is 17.0 Å². The second-order valence-corrected chi connectivity index (χ2v) is 4.85. The summed E-state index contributed by atoms with van der Waals surface area (Å²) in [4.78, 5) is 32.8. The highest BCUT2D eigenvalue weighted by Crippen LogP contribution is 2.25. The highest BCUT2D eigenvalue weighted by atomic mass is 16.6. The van der Waals surface area contributed by atoms with Crippen LogP contribution < -0.4 is 10.6 Å². The summed E-state index contributed by atoms with van der Waals surface area (Å²) in [5, 5.41) is 25.2. The molecule has 130 valence electrons. The first-order chi connectivity index (χ1) is 12.0. The van der Waals surface area contributed by atoms with Crippen molar-refractivity contribution in [1.29, 1.82) is 0 Å². The number of carboxylic acid groups (broad SMARTS) is 1. The van der Waals surface area contributed by atoms with E-state index in [1.807, 2.05) is 6.07 Å². The van der Waals surface area contributed by atoms with Crippen LogP contribution in [-0.4, -0.2) is 35.2 Å². The minimum Gasteiger partial charge on any atom is -0.478 e. The van der Waals surface area contributed by atoms with Gasteiger partial charge in [-0.2, -0.15) is 0 Å². The lowest BCUT2D eigenvalue weighted by atomic mass is 10.1. The van der Waals surface area contributed by atoms with Crippen molar-refractivity contribution in [3.05, 3.63) is 64.2 Å². The smallest absolute Gasteiger partial charge is 0.411 e. The number of para-hydroxylation sites is 1. The van der Waals surface area contributed by atoms with Gasteiger partial charge >= 0.3 is 12.1 Å². The number of nitrogens with zero attached hydrogens (tertiary/aromatic N) is 1. The van der Waals surface area contributed by atoms with Gasteiger partial charge in [-0.1, -0.05) is 18.2 Å². The van der Waals surface area contributed by atoms with Crippen LogP contribution in [-0.2, 0) is 4.74 Å². The van der Waals surface area contributed by atoms with E-state index in [-0.39, 0.29) is 30.1 Å². The molecule has 9 nitrogen and oxygen atoms in total. The first kappa shape index (κ1) is 17.7. The highest BCUT2D eigenvalue weighted by molar-refractivity contribution is 5.89. The highest BCUT2D eigenvalue weighted by Gasteiger charge is 2.17. The lowest BCUT2D eigenvalue weighted by Crippen LogP contribution is -2.18. The number of nitrogens with one attached hydrogen (secondary N) is 2. The number of carbonyl (C=O) groups excluding carboxylic acids is 1. The van der Waals surface area contributed by atoms with Crippen molar-refractivity contribution >= 4 is 29.1 Å². The van der Waals surface area contributed by atoms with E-state index in [9.17, 15) is 19.7 Å². The van der Waals surface area contributed by atoms with Crippen molar-refractivity contribution < 1.29 is 24.4 Å². The maximum Gasteiger partial charge on any atom is 0.411 e. The summed E-state index contributed by atoms with van der Waals surface area (Å²) in [5.74, 6) is -1.25. The second-order valence-electron chi connectivity index (χ2n) is 4.85. The molecule has 0 fully saturated rings. The molecule has 1 amide bonds. The fraction of sp³-hybridized carbons (Fsp3) is 0.125. The van der Waals surface area contributed by atoms with Crippen LogP contribution in [0.1, 0.15) is 10.4 Å². The predicted octanol–water partition coefficient (Wildman–Crippen LogP) is 2.95. The first-order valence-corrected chi connectivity index (χ1v) is 7.22. The maximum atomic E-state index is 11.6. The molecular formula is C16H15N3O6. The van der Waals surface area contributed by atoms with Crippen molar-refractivity contribution in [2.45, 2.75) is 0 Å². The van der Waals surface area contributed by atoms with Crippen LogP contribution in [0.15, 0.2) is 48.5 Å². The van der Waals surface area contributed by atoms with E-state index in [1.165, 1.54) is 12.1 Å². The average molecular weight is 345 g/mol. The molecule has 0 radical (unpaired) electrons. The van der Waals surface area contributed by atoms with Crippen LogP contribution in [0, 0.1) is 10.1 Å². The largest absolute Gasteiger partial charge is 0.478 e. The number of aromatic carboxylic acids is 1. The summed E-state index contributed by atoms with van der Waals surface area (Å²) in [6.45, 7) is 0.0893. The maximum absolute atomic E-state index is 11.6. The normalized spacial score (nSPS) is 9.92. The van der Waals surface area contributed by atoms with Crippen LogP contribution in [0.2, 0.25) is 0 Å². The van der Waals surface area contributed by atoms with E-state index in [1.54, 1.807) is 24.3 Å². The van der Waals surface area contributed by atoms with Gasteiger partial charge in [0.1, 0.15) is 12.3 Å². The number of carboxylic acids is 1. The molecule has 0 saturated heterocycles. The molecule has 2 rings (SSSR count). The molecule has 0 aliphatic rings. The minimum absolute atomic E-state index is 0.0312. The number of carbonyl (C=O) groups is 2. The number of ether oxygens (including phenoxy) is 1. The quantitative estimate of drug-likeness (QED) is 0.399. The summed E-state index contributed by atoms with van der Waals surface area (Å²) in [5.41, 5.74) is 0.173. The number of amides is 1. The molecule has 0 unspecified atom stereocenters. The molecule has 2 aromatic carbocycles. The summed E-state index contributed by atoms with van der Waals surface area (Å²) >= 11 is 0. The van der Waals surface area contributed by atoms with Gasteiger partial charge in [0.15, 0.2) is 0 Å². The fourth-order valence-corrected chi connectivity index (χ4v) is 1.97. The molecule has 0 aliphatic carbocycles. The molecule has 0 saturated carbocycles. The zero-order valence-corrected chi connectivity index (χ0v) is 13.0. The Morgan fingerprint density at radius 1 is 1.16 bits per heavy atom. The number of nitro benzene ring substituents is 1. The number of anilines is 2. The van der Waals surface area contributed by atoms with E-state index in [0.29, 0.717) is 5.69 Å². The predicted molar refractivity (Wildman–Crippen MR) is 90.0 cm³/mol. The van der Waals surface area contributed by atoms with Crippen LogP contribution >= 0.6 is 0 Å². The van der Waals surface area contributed by atoms with E-state index in [4.69, 9.17) is 9.84 Å². The van der Waals surface area contributed by atoms with Crippen molar-refractivity contribution in [3.8, 4) is 0 Å². The second kappa shape index (κ2) is 8.29. The van der Waals surface area contributed by atoms with Crippen molar-refractivity contribution in [3.63, 3.8) is 0 Å². The Kier molecular flexibility index (Phi) is 5.88. The van der Waals surface area contributed by atoms with Crippen molar-refractivity contribution in [2.75, 3.05) is 23.8 Å². The molecule has 3 N–H and O–H groups in total. The first-order valence-electron chi connectivity index (χ1n) is 7.22. The standard InChI is InChI=1S/C16H15N3O6/c20-15(21)11-6-7-13(14(10-11)19(23)24)17-8-9-25-16(22)18-12-4-2-1-3-5-12/h1-7,10,17H,8-9H2,(H,18,22)(H,20,21). The van der Waals surface area contributed by atoms with Gasteiger partial charge in [0.05, 0.1) is 10.5 Å². The van der Waals surface area contributed by atoms with Gasteiger partial charge in [-0.05, 0) is 24.3 Å². The molecule has 0 aromatic heterocycles. The van der Waals surface area contributed by atoms with E-state index in [0.717, 1.165) is 6.07 Å². The SMILES string of the molecule is O=C(Nc1ccccc1)OCCNc1ccc(C(=O)O)cc1[N+](=O)[O-]. The van der Waals surface area contributed by atoms with Gasteiger partial charge in [0.2, 0.25) is 0 Å². The molecule has 25 heavy (non-hydrogen) atoms. The number of rotatable bonds is 7. The van der Waals surface area contributed by atoms with Crippen LogP contribution in [0.3, 0.4) is 0 Å².